The number of aryl methyl sites for hydroxylation is 1. The lowest BCUT2D eigenvalue weighted by molar-refractivity contribution is 0.0706. The first kappa shape index (κ1) is 23.0. The van der Waals surface area contributed by atoms with Gasteiger partial charge in [0.25, 0.3) is 11.5 Å². The Morgan fingerprint density at radius 1 is 1.00 bits per heavy atom. The van der Waals surface area contributed by atoms with Crippen molar-refractivity contribution in [3.63, 3.8) is 0 Å². The molecule has 0 radical (unpaired) electrons. The molecule has 2 N–H and O–H groups in total. The van der Waals surface area contributed by atoms with Gasteiger partial charge in [-0.05, 0) is 60.2 Å². The van der Waals surface area contributed by atoms with Crippen LogP contribution >= 0.6 is 0 Å². The van der Waals surface area contributed by atoms with Crippen LogP contribution in [0.3, 0.4) is 0 Å². The number of methoxy groups -OCH3 is 1. The van der Waals surface area contributed by atoms with Gasteiger partial charge in [0.1, 0.15) is 5.75 Å². The number of hydrogen-bond donors (Lipinski definition) is 2. The van der Waals surface area contributed by atoms with Crippen molar-refractivity contribution in [1.82, 2.24) is 24.8 Å². The number of fused-ring (bicyclic) bond motifs is 1. The Bertz CT molecular complexity index is 1620. The van der Waals surface area contributed by atoms with E-state index in [0.29, 0.717) is 28.7 Å². The van der Waals surface area contributed by atoms with Gasteiger partial charge in [-0.25, -0.2) is 10.5 Å². The summed E-state index contributed by atoms with van der Waals surface area (Å²) >= 11 is 0. The van der Waals surface area contributed by atoms with Crippen LogP contribution in [0.15, 0.2) is 83.9 Å². The van der Waals surface area contributed by atoms with Crippen molar-refractivity contribution in [3.05, 3.63) is 101 Å². The quantitative estimate of drug-likeness (QED) is 0.283. The Kier molecular flexibility index (Phi) is 6.05. The summed E-state index contributed by atoms with van der Waals surface area (Å²) in [6.45, 7) is 0.444. The average molecular weight is 482 g/mol. The molecule has 0 spiro atoms. The Labute approximate surface area is 206 Å². The summed E-state index contributed by atoms with van der Waals surface area (Å²) in [6, 6.07) is 22.1. The van der Waals surface area contributed by atoms with Crippen LogP contribution in [0.5, 0.6) is 5.75 Å². The molecule has 0 aliphatic heterocycles. The maximum absolute atomic E-state index is 12.6. The predicted octanol–water partition coefficient (Wildman–Crippen LogP) is 3.64. The number of hydrogen-bond acceptors (Lipinski definition) is 6. The molecule has 2 heterocycles. The molecule has 3 aromatic carbocycles. The number of ether oxygens (including phenoxy) is 1. The highest BCUT2D eigenvalue weighted by molar-refractivity contribution is 5.93. The third-order valence-corrected chi connectivity index (χ3v) is 6.03. The molecule has 1 amide bonds. The van der Waals surface area contributed by atoms with E-state index in [1.165, 1.54) is 10.9 Å². The second-order valence-electron chi connectivity index (χ2n) is 8.33. The SMILES string of the molecule is COc1ccc(-c2cc(-c3ccc4ncn(C)c(=O)c4c3)nn2Cc2ccc(C(=O)NO)cc2)cc1. The lowest BCUT2D eigenvalue weighted by Crippen LogP contribution is -2.18. The molecule has 0 aliphatic carbocycles. The van der Waals surface area contributed by atoms with Crippen molar-refractivity contribution in [2.24, 2.45) is 7.05 Å². The zero-order valence-corrected chi connectivity index (χ0v) is 19.7. The largest absolute Gasteiger partial charge is 0.497 e. The molecule has 5 rings (SSSR count). The van der Waals surface area contributed by atoms with E-state index in [4.69, 9.17) is 15.0 Å². The van der Waals surface area contributed by atoms with Gasteiger partial charge in [0.05, 0.1) is 42.3 Å². The van der Waals surface area contributed by atoms with Gasteiger partial charge in [-0.1, -0.05) is 18.2 Å². The fourth-order valence-corrected chi connectivity index (χ4v) is 4.04. The first-order valence-corrected chi connectivity index (χ1v) is 11.2. The molecule has 0 fully saturated rings. The van der Waals surface area contributed by atoms with E-state index in [1.54, 1.807) is 31.8 Å². The molecule has 5 aromatic rings. The summed E-state index contributed by atoms with van der Waals surface area (Å²) < 4.78 is 8.63. The highest BCUT2D eigenvalue weighted by Gasteiger charge is 2.14. The van der Waals surface area contributed by atoms with Gasteiger partial charge in [0, 0.05) is 23.7 Å². The van der Waals surface area contributed by atoms with E-state index >= 15 is 0 Å². The van der Waals surface area contributed by atoms with Crippen LogP contribution in [-0.4, -0.2) is 37.6 Å². The van der Waals surface area contributed by atoms with Crippen molar-refractivity contribution >= 4 is 16.8 Å². The highest BCUT2D eigenvalue weighted by Crippen LogP contribution is 2.29. The molecular weight excluding hydrogens is 458 g/mol. The molecule has 0 atom stereocenters. The van der Waals surface area contributed by atoms with E-state index in [1.807, 2.05) is 65.3 Å². The van der Waals surface area contributed by atoms with Crippen molar-refractivity contribution in [3.8, 4) is 28.3 Å². The first-order chi connectivity index (χ1) is 17.5. The van der Waals surface area contributed by atoms with Gasteiger partial charge in [-0.2, -0.15) is 5.10 Å². The molecule has 0 bridgehead atoms. The topological polar surface area (TPSA) is 111 Å². The summed E-state index contributed by atoms with van der Waals surface area (Å²) in [5.41, 5.74) is 6.76. The number of hydroxylamine groups is 1. The van der Waals surface area contributed by atoms with E-state index in [-0.39, 0.29) is 5.56 Å². The standard InChI is InChI=1S/C27H23N5O4/c1-31-16-28-23-12-9-20(13-22(23)27(31)34)24-14-25(18-7-10-21(36-2)11-8-18)32(29-24)15-17-3-5-19(6-4-17)26(33)30-35/h3-14,16,35H,15H2,1-2H3,(H,30,33). The number of rotatable bonds is 6. The molecule has 180 valence electrons. The number of aromatic nitrogens is 4. The van der Waals surface area contributed by atoms with Crippen LogP contribution in [0.1, 0.15) is 15.9 Å². The van der Waals surface area contributed by atoms with Crippen molar-refractivity contribution < 1.29 is 14.7 Å². The Hall–Kier alpha value is -4.76. The van der Waals surface area contributed by atoms with Gasteiger partial charge >= 0.3 is 0 Å². The summed E-state index contributed by atoms with van der Waals surface area (Å²) in [4.78, 5) is 28.6. The maximum Gasteiger partial charge on any atom is 0.274 e. The van der Waals surface area contributed by atoms with Gasteiger partial charge in [0.2, 0.25) is 0 Å². The van der Waals surface area contributed by atoms with Crippen LogP contribution in [0.2, 0.25) is 0 Å². The van der Waals surface area contributed by atoms with Crippen LogP contribution in [0.4, 0.5) is 0 Å². The molecule has 9 heteroatoms. The first-order valence-electron chi connectivity index (χ1n) is 11.2. The van der Waals surface area contributed by atoms with Crippen molar-refractivity contribution in [1.29, 1.82) is 0 Å². The molecule has 9 nitrogen and oxygen atoms in total. The monoisotopic (exact) mass is 481 g/mol. The van der Waals surface area contributed by atoms with Crippen LogP contribution in [0, 0.1) is 0 Å². The molecule has 0 aliphatic rings. The van der Waals surface area contributed by atoms with Crippen LogP contribution in [0.25, 0.3) is 33.4 Å². The minimum absolute atomic E-state index is 0.122. The fourth-order valence-electron chi connectivity index (χ4n) is 4.04. The van der Waals surface area contributed by atoms with Crippen molar-refractivity contribution in [2.45, 2.75) is 6.54 Å². The number of amides is 1. The summed E-state index contributed by atoms with van der Waals surface area (Å²) in [5.74, 6) is 0.180. The number of carbonyl (C=O) groups excluding carboxylic acids is 1. The van der Waals surface area contributed by atoms with E-state index in [0.717, 1.165) is 28.1 Å². The lowest BCUT2D eigenvalue weighted by atomic mass is 10.1. The van der Waals surface area contributed by atoms with Gasteiger partial charge in [0.15, 0.2) is 0 Å². The minimum Gasteiger partial charge on any atom is -0.497 e. The zero-order valence-electron chi connectivity index (χ0n) is 19.7. The maximum atomic E-state index is 12.6. The molecular formula is C27H23N5O4. The van der Waals surface area contributed by atoms with Gasteiger partial charge < -0.3 is 9.30 Å². The molecule has 36 heavy (non-hydrogen) atoms. The smallest absolute Gasteiger partial charge is 0.274 e. The third kappa shape index (κ3) is 4.35. The fraction of sp³-hybridized carbons (Fsp3) is 0.111. The number of nitrogens with zero attached hydrogens (tertiary/aromatic N) is 4. The van der Waals surface area contributed by atoms with E-state index in [2.05, 4.69) is 4.98 Å². The lowest BCUT2D eigenvalue weighted by Gasteiger charge is -2.09. The summed E-state index contributed by atoms with van der Waals surface area (Å²) in [7, 11) is 3.30. The Balaban J connectivity index is 1.58. The normalized spacial score (nSPS) is 11.0. The number of nitrogens with one attached hydrogen (secondary N) is 1. The number of benzene rings is 3. The Morgan fingerprint density at radius 3 is 2.42 bits per heavy atom. The second kappa shape index (κ2) is 9.47. The van der Waals surface area contributed by atoms with E-state index < -0.39 is 5.91 Å². The molecule has 0 unspecified atom stereocenters. The van der Waals surface area contributed by atoms with Gasteiger partial charge in [-0.15, -0.1) is 0 Å². The van der Waals surface area contributed by atoms with E-state index in [9.17, 15) is 9.59 Å². The molecule has 0 saturated heterocycles. The average Bonchev–Trinajstić information content (AvgIpc) is 3.34. The van der Waals surface area contributed by atoms with Gasteiger partial charge in [-0.3, -0.25) is 19.5 Å². The predicted molar refractivity (Wildman–Crippen MR) is 135 cm³/mol. The van der Waals surface area contributed by atoms with Crippen molar-refractivity contribution in [2.75, 3.05) is 7.11 Å². The highest BCUT2D eigenvalue weighted by atomic mass is 16.5. The van der Waals surface area contributed by atoms with Crippen LogP contribution < -0.4 is 15.8 Å². The molecule has 0 saturated carbocycles. The summed E-state index contributed by atoms with van der Waals surface area (Å²) in [6.07, 6.45) is 1.51. The Morgan fingerprint density at radius 2 is 1.72 bits per heavy atom. The number of carbonyl (C=O) groups is 1. The summed E-state index contributed by atoms with van der Waals surface area (Å²) in [5, 5.41) is 14.2. The third-order valence-electron chi connectivity index (χ3n) is 6.03. The molecule has 2 aromatic heterocycles. The van der Waals surface area contributed by atoms with Crippen LogP contribution in [-0.2, 0) is 13.6 Å². The minimum atomic E-state index is -0.571. The second-order valence-corrected chi connectivity index (χ2v) is 8.33. The zero-order chi connectivity index (χ0) is 25.2.